The number of rotatable bonds is 8. The zero-order valence-electron chi connectivity index (χ0n) is 9.45. The average Bonchev–Trinajstić information content (AvgIpc) is 2.26. The van der Waals surface area contributed by atoms with Crippen LogP contribution in [0.2, 0.25) is 0 Å². The molecule has 0 aromatic carbocycles. The molecule has 15 heavy (non-hydrogen) atoms. The summed E-state index contributed by atoms with van der Waals surface area (Å²) < 4.78 is 0. The molecular formula is C12H22O3. The maximum Gasteiger partial charge on any atom is 0.192 e. The smallest absolute Gasteiger partial charge is 0.192 e. The highest BCUT2D eigenvalue weighted by molar-refractivity contribution is 5.14. The first kappa shape index (κ1) is 13.9. The first-order valence-corrected chi connectivity index (χ1v) is 5.65. The van der Waals surface area contributed by atoms with Crippen molar-refractivity contribution in [3.05, 3.63) is 23.9 Å². The van der Waals surface area contributed by atoms with E-state index in [9.17, 15) is 0 Å². The van der Waals surface area contributed by atoms with E-state index >= 15 is 0 Å². The topological polar surface area (TPSA) is 60.7 Å². The molecule has 0 bridgehead atoms. The zero-order chi connectivity index (χ0) is 11.5. The lowest BCUT2D eigenvalue weighted by Crippen LogP contribution is -1.87. The van der Waals surface area contributed by atoms with Crippen molar-refractivity contribution in [1.82, 2.24) is 0 Å². The molecule has 0 atom stereocenters. The number of hydrogen-bond donors (Lipinski definition) is 3. The number of aliphatic hydroxyl groups excluding tert-OH is 3. The molecule has 3 heteroatoms. The quantitative estimate of drug-likeness (QED) is 0.323. The van der Waals surface area contributed by atoms with Crippen LogP contribution in [-0.4, -0.2) is 15.3 Å². The summed E-state index contributed by atoms with van der Waals surface area (Å²) in [5, 5.41) is 26.4. The van der Waals surface area contributed by atoms with Gasteiger partial charge in [0.15, 0.2) is 11.5 Å². The van der Waals surface area contributed by atoms with E-state index in [4.69, 9.17) is 15.3 Å². The van der Waals surface area contributed by atoms with E-state index < -0.39 is 5.76 Å². The molecule has 3 nitrogen and oxygen atoms in total. The lowest BCUT2D eigenvalue weighted by atomic mass is 10.1. The Labute approximate surface area is 91.8 Å². The first-order valence-electron chi connectivity index (χ1n) is 5.65. The second kappa shape index (κ2) is 9.44. The molecule has 0 unspecified atom stereocenters. The third kappa shape index (κ3) is 7.91. The number of hydrogen-bond acceptors (Lipinski definition) is 3. The van der Waals surface area contributed by atoms with Gasteiger partial charge in [0.2, 0.25) is 0 Å². The van der Waals surface area contributed by atoms with E-state index in [-0.39, 0.29) is 5.76 Å². The van der Waals surface area contributed by atoms with Crippen LogP contribution in [0.25, 0.3) is 0 Å². The van der Waals surface area contributed by atoms with Gasteiger partial charge < -0.3 is 15.3 Å². The van der Waals surface area contributed by atoms with Gasteiger partial charge in [-0.25, -0.2) is 0 Å². The van der Waals surface area contributed by atoms with Crippen molar-refractivity contribution in [2.75, 3.05) is 0 Å². The molecule has 0 heterocycles. The standard InChI is InChI=1S/C12H22O3/c1-2-3-4-5-6-7-8-9-11(14)12(15)10-13/h9-10,13-15H,2-8H2,1H3. The van der Waals surface area contributed by atoms with Crippen molar-refractivity contribution in [2.45, 2.75) is 51.9 Å². The van der Waals surface area contributed by atoms with Crippen molar-refractivity contribution in [3.8, 4) is 0 Å². The van der Waals surface area contributed by atoms with E-state index in [0.717, 1.165) is 19.3 Å². The van der Waals surface area contributed by atoms with Crippen molar-refractivity contribution in [3.63, 3.8) is 0 Å². The van der Waals surface area contributed by atoms with Gasteiger partial charge in [0, 0.05) is 0 Å². The molecule has 0 saturated carbocycles. The van der Waals surface area contributed by atoms with Crippen molar-refractivity contribution >= 4 is 0 Å². The molecule has 0 amide bonds. The number of aliphatic hydroxyl groups is 3. The summed E-state index contributed by atoms with van der Waals surface area (Å²) in [7, 11) is 0. The molecule has 0 aromatic heterocycles. The predicted octanol–water partition coefficient (Wildman–Crippen LogP) is 4.14. The zero-order valence-corrected chi connectivity index (χ0v) is 9.45. The minimum atomic E-state index is -0.471. The summed E-state index contributed by atoms with van der Waals surface area (Å²) in [4.78, 5) is 0. The van der Waals surface area contributed by atoms with Crippen LogP contribution in [0.1, 0.15) is 51.9 Å². The van der Waals surface area contributed by atoms with Crippen LogP contribution in [0.5, 0.6) is 0 Å². The highest BCUT2D eigenvalue weighted by atomic mass is 16.3. The lowest BCUT2D eigenvalue weighted by molar-refractivity contribution is 0.302. The van der Waals surface area contributed by atoms with Gasteiger partial charge in [0.05, 0.1) is 0 Å². The maximum absolute atomic E-state index is 9.14. The van der Waals surface area contributed by atoms with Gasteiger partial charge in [0.25, 0.3) is 0 Å². The summed E-state index contributed by atoms with van der Waals surface area (Å²) in [6.07, 6.45) is 9.94. The predicted molar refractivity (Wildman–Crippen MR) is 62.0 cm³/mol. The van der Waals surface area contributed by atoms with Crippen LogP contribution in [-0.2, 0) is 0 Å². The van der Waals surface area contributed by atoms with Crippen LogP contribution >= 0.6 is 0 Å². The molecule has 0 saturated heterocycles. The van der Waals surface area contributed by atoms with Crippen LogP contribution in [0, 0.1) is 0 Å². The third-order valence-corrected chi connectivity index (χ3v) is 2.28. The fourth-order valence-corrected chi connectivity index (χ4v) is 1.33. The Morgan fingerprint density at radius 3 is 2.13 bits per heavy atom. The van der Waals surface area contributed by atoms with Crippen LogP contribution in [0.15, 0.2) is 23.9 Å². The second-order valence-electron chi connectivity index (χ2n) is 3.66. The molecule has 0 fully saturated rings. The maximum atomic E-state index is 9.14. The van der Waals surface area contributed by atoms with E-state index in [1.54, 1.807) is 0 Å². The molecule has 0 aromatic rings. The minimum absolute atomic E-state index is 0.244. The molecular weight excluding hydrogens is 192 g/mol. The van der Waals surface area contributed by atoms with Gasteiger partial charge in [-0.3, -0.25) is 0 Å². The van der Waals surface area contributed by atoms with E-state index in [0.29, 0.717) is 6.26 Å². The average molecular weight is 214 g/mol. The summed E-state index contributed by atoms with van der Waals surface area (Å²) in [5.74, 6) is -0.716. The third-order valence-electron chi connectivity index (χ3n) is 2.28. The van der Waals surface area contributed by atoms with E-state index in [1.807, 2.05) is 0 Å². The highest BCUT2D eigenvalue weighted by Gasteiger charge is 1.98. The van der Waals surface area contributed by atoms with Gasteiger partial charge in [0.1, 0.15) is 6.26 Å². The van der Waals surface area contributed by atoms with Crippen molar-refractivity contribution in [1.29, 1.82) is 0 Å². The first-order chi connectivity index (χ1) is 7.22. The fourth-order valence-electron chi connectivity index (χ4n) is 1.33. The molecule has 0 rings (SSSR count). The van der Waals surface area contributed by atoms with Crippen LogP contribution in [0.3, 0.4) is 0 Å². The normalized spacial score (nSPS) is 13.1. The molecule has 3 N–H and O–H groups in total. The minimum Gasteiger partial charge on any atom is -0.512 e. The Balaban J connectivity index is 3.45. The largest absolute Gasteiger partial charge is 0.512 e. The molecule has 88 valence electrons. The van der Waals surface area contributed by atoms with E-state index in [1.165, 1.54) is 31.8 Å². The second-order valence-corrected chi connectivity index (χ2v) is 3.66. The monoisotopic (exact) mass is 214 g/mol. The van der Waals surface area contributed by atoms with Crippen molar-refractivity contribution < 1.29 is 15.3 Å². The summed E-state index contributed by atoms with van der Waals surface area (Å²) >= 11 is 0. The highest BCUT2D eigenvalue weighted by Crippen LogP contribution is 2.09. The molecule has 0 radical (unpaired) electrons. The molecule has 0 aliphatic heterocycles. The lowest BCUT2D eigenvalue weighted by Gasteiger charge is -1.99. The van der Waals surface area contributed by atoms with Crippen LogP contribution in [0.4, 0.5) is 0 Å². The van der Waals surface area contributed by atoms with Gasteiger partial charge in [-0.05, 0) is 18.9 Å². The SMILES string of the molecule is CCCCCCCCC=C(O)C(O)=CO. The summed E-state index contributed by atoms with van der Waals surface area (Å²) in [6, 6.07) is 0. The van der Waals surface area contributed by atoms with Crippen molar-refractivity contribution in [2.24, 2.45) is 0 Å². The van der Waals surface area contributed by atoms with Crippen LogP contribution < -0.4 is 0 Å². The fraction of sp³-hybridized carbons (Fsp3) is 0.667. The van der Waals surface area contributed by atoms with Gasteiger partial charge >= 0.3 is 0 Å². The molecule has 0 spiro atoms. The Morgan fingerprint density at radius 1 is 0.933 bits per heavy atom. The van der Waals surface area contributed by atoms with Gasteiger partial charge in [-0.2, -0.15) is 0 Å². The van der Waals surface area contributed by atoms with Gasteiger partial charge in [-0.15, -0.1) is 0 Å². The Kier molecular flexibility index (Phi) is 8.73. The Morgan fingerprint density at radius 2 is 1.53 bits per heavy atom. The molecule has 0 aliphatic rings. The number of unbranched alkanes of at least 4 members (excludes halogenated alkanes) is 6. The Bertz CT molecular complexity index is 207. The Hall–Kier alpha value is -1.12. The van der Waals surface area contributed by atoms with E-state index in [2.05, 4.69) is 6.92 Å². The summed E-state index contributed by atoms with van der Waals surface area (Å²) in [6.45, 7) is 2.19. The molecule has 0 aliphatic carbocycles. The summed E-state index contributed by atoms with van der Waals surface area (Å²) in [5.41, 5.74) is 0. The van der Waals surface area contributed by atoms with Gasteiger partial charge in [-0.1, -0.05) is 39.0 Å². The number of allylic oxidation sites excluding steroid dienone is 1.